The Kier molecular flexibility index (Phi) is 4.15. The normalized spacial score (nSPS) is 10.2. The fourth-order valence-electron chi connectivity index (χ4n) is 1.64. The van der Waals surface area contributed by atoms with Gasteiger partial charge in [0.25, 0.3) is 0 Å². The number of nitrogens with one attached hydrogen (secondary N) is 2. The van der Waals surface area contributed by atoms with Crippen molar-refractivity contribution in [3.05, 3.63) is 40.6 Å². The van der Waals surface area contributed by atoms with Crippen molar-refractivity contribution in [2.24, 2.45) is 0 Å². The van der Waals surface area contributed by atoms with Crippen LogP contribution in [-0.4, -0.2) is 17.0 Å². The van der Waals surface area contributed by atoms with Crippen LogP contribution in [0.25, 0.3) is 0 Å². The van der Waals surface area contributed by atoms with Gasteiger partial charge >= 0.3 is 0 Å². The van der Waals surface area contributed by atoms with Gasteiger partial charge < -0.3 is 10.6 Å². The number of benzene rings is 1. The number of anilines is 3. The van der Waals surface area contributed by atoms with E-state index in [-0.39, 0.29) is 0 Å². The lowest BCUT2D eigenvalue weighted by Crippen LogP contribution is -2.00. The van der Waals surface area contributed by atoms with E-state index >= 15 is 0 Å². The van der Waals surface area contributed by atoms with Crippen LogP contribution < -0.4 is 10.6 Å². The maximum absolute atomic E-state index is 4.23. The molecule has 0 saturated heterocycles. The predicted octanol–water partition coefficient (Wildman–Crippen LogP) is 3.59. The largest absolute Gasteiger partial charge is 0.372 e. The van der Waals surface area contributed by atoms with Crippen molar-refractivity contribution < 1.29 is 0 Å². The molecular weight excluding hydrogens is 292 g/mol. The summed E-state index contributed by atoms with van der Waals surface area (Å²) >= 11 is 3.48. The Hall–Kier alpha value is -1.62. The number of hydrogen-bond acceptors (Lipinski definition) is 4. The number of aryl methyl sites for hydroxylation is 1. The highest BCUT2D eigenvalue weighted by Crippen LogP contribution is 2.28. The molecule has 2 rings (SSSR count). The molecule has 2 N–H and O–H groups in total. The Bertz CT molecular complexity index is 542. The summed E-state index contributed by atoms with van der Waals surface area (Å²) in [5, 5.41) is 6.29. The first-order valence-corrected chi connectivity index (χ1v) is 6.58. The molecule has 0 aliphatic rings. The first-order chi connectivity index (χ1) is 8.74. The van der Waals surface area contributed by atoms with Crippen LogP contribution in [0, 0.1) is 0 Å². The second-order valence-corrected chi connectivity index (χ2v) is 4.61. The second kappa shape index (κ2) is 5.82. The molecule has 5 heteroatoms. The van der Waals surface area contributed by atoms with Crippen LogP contribution in [0.15, 0.2) is 35.1 Å². The number of halogens is 1. The Labute approximate surface area is 115 Å². The van der Waals surface area contributed by atoms with Gasteiger partial charge in [0.15, 0.2) is 0 Å². The molecule has 0 saturated carbocycles. The molecule has 0 amide bonds. The minimum atomic E-state index is 0.752. The second-order valence-electron chi connectivity index (χ2n) is 3.81. The van der Waals surface area contributed by atoms with Crippen molar-refractivity contribution in [3.63, 3.8) is 0 Å². The molecule has 1 aromatic heterocycles. The highest BCUT2D eigenvalue weighted by molar-refractivity contribution is 9.10. The van der Waals surface area contributed by atoms with Crippen molar-refractivity contribution in [1.29, 1.82) is 0 Å². The SMILES string of the molecule is CCc1cccc(Nc2ncnc(NC)c2Br)c1. The molecule has 0 spiro atoms. The number of rotatable bonds is 4. The van der Waals surface area contributed by atoms with E-state index in [2.05, 4.69) is 55.6 Å². The van der Waals surface area contributed by atoms with Crippen LogP contribution >= 0.6 is 15.9 Å². The van der Waals surface area contributed by atoms with Crippen LogP contribution in [0.2, 0.25) is 0 Å². The topological polar surface area (TPSA) is 49.8 Å². The van der Waals surface area contributed by atoms with Gasteiger partial charge in [0.1, 0.15) is 22.4 Å². The molecule has 0 radical (unpaired) electrons. The molecule has 4 nitrogen and oxygen atoms in total. The minimum absolute atomic E-state index is 0.752. The van der Waals surface area contributed by atoms with Crippen LogP contribution in [0.3, 0.4) is 0 Å². The standard InChI is InChI=1S/C13H15BrN4/c1-3-9-5-4-6-10(7-9)18-13-11(14)12(15-2)16-8-17-13/h4-8H,3H2,1-2H3,(H2,15,16,17,18). The smallest absolute Gasteiger partial charge is 0.150 e. The van der Waals surface area contributed by atoms with E-state index in [4.69, 9.17) is 0 Å². The van der Waals surface area contributed by atoms with Crippen molar-refractivity contribution in [2.45, 2.75) is 13.3 Å². The Morgan fingerprint density at radius 3 is 2.72 bits per heavy atom. The summed E-state index contributed by atoms with van der Waals surface area (Å²) in [6.07, 6.45) is 2.55. The molecule has 0 aliphatic carbocycles. The molecule has 0 unspecified atom stereocenters. The van der Waals surface area contributed by atoms with Gasteiger partial charge in [0.05, 0.1) is 0 Å². The van der Waals surface area contributed by atoms with Gasteiger partial charge in [-0.1, -0.05) is 19.1 Å². The van der Waals surface area contributed by atoms with E-state index in [1.165, 1.54) is 11.9 Å². The zero-order valence-electron chi connectivity index (χ0n) is 10.4. The Balaban J connectivity index is 2.28. The maximum atomic E-state index is 4.23. The zero-order chi connectivity index (χ0) is 13.0. The Morgan fingerprint density at radius 1 is 1.22 bits per heavy atom. The lowest BCUT2D eigenvalue weighted by molar-refractivity contribution is 1.13. The summed E-state index contributed by atoms with van der Waals surface area (Å²) < 4.78 is 0.828. The minimum Gasteiger partial charge on any atom is -0.372 e. The molecule has 0 atom stereocenters. The van der Waals surface area contributed by atoms with Gasteiger partial charge in [0, 0.05) is 12.7 Å². The molecule has 0 bridgehead atoms. The number of aromatic nitrogens is 2. The fraction of sp³-hybridized carbons (Fsp3) is 0.231. The van der Waals surface area contributed by atoms with Crippen molar-refractivity contribution in [3.8, 4) is 0 Å². The molecule has 94 valence electrons. The Morgan fingerprint density at radius 2 is 2.00 bits per heavy atom. The fourth-order valence-corrected chi connectivity index (χ4v) is 2.14. The van der Waals surface area contributed by atoms with Gasteiger partial charge in [-0.3, -0.25) is 0 Å². The van der Waals surface area contributed by atoms with E-state index in [9.17, 15) is 0 Å². The summed E-state index contributed by atoms with van der Waals surface area (Å²) in [7, 11) is 1.83. The summed E-state index contributed by atoms with van der Waals surface area (Å²) in [6.45, 7) is 2.14. The van der Waals surface area contributed by atoms with Gasteiger partial charge in [-0.05, 0) is 40.0 Å². The van der Waals surface area contributed by atoms with Gasteiger partial charge in [-0.2, -0.15) is 0 Å². The van der Waals surface area contributed by atoms with Gasteiger partial charge in [-0.25, -0.2) is 9.97 Å². The van der Waals surface area contributed by atoms with Gasteiger partial charge in [-0.15, -0.1) is 0 Å². The van der Waals surface area contributed by atoms with E-state index < -0.39 is 0 Å². The highest BCUT2D eigenvalue weighted by atomic mass is 79.9. The van der Waals surface area contributed by atoms with E-state index in [0.717, 1.165) is 28.2 Å². The summed E-state index contributed by atoms with van der Waals surface area (Å²) in [6, 6.07) is 8.29. The molecule has 1 aromatic carbocycles. The van der Waals surface area contributed by atoms with Crippen LogP contribution in [0.1, 0.15) is 12.5 Å². The quantitative estimate of drug-likeness (QED) is 0.906. The molecule has 2 aromatic rings. The van der Waals surface area contributed by atoms with Crippen molar-refractivity contribution >= 4 is 33.3 Å². The molecule has 0 aliphatic heterocycles. The summed E-state index contributed by atoms with van der Waals surface area (Å²) in [5.41, 5.74) is 2.31. The lowest BCUT2D eigenvalue weighted by atomic mass is 10.1. The van der Waals surface area contributed by atoms with Crippen LogP contribution in [-0.2, 0) is 6.42 Å². The van der Waals surface area contributed by atoms with E-state index in [1.54, 1.807) is 0 Å². The lowest BCUT2D eigenvalue weighted by Gasteiger charge is -2.10. The number of hydrogen-bond donors (Lipinski definition) is 2. The summed E-state index contributed by atoms with van der Waals surface area (Å²) in [5.74, 6) is 1.52. The molecule has 18 heavy (non-hydrogen) atoms. The van der Waals surface area contributed by atoms with E-state index in [0.29, 0.717) is 0 Å². The third-order valence-electron chi connectivity index (χ3n) is 2.62. The van der Waals surface area contributed by atoms with Crippen LogP contribution in [0.4, 0.5) is 17.3 Å². The first kappa shape index (κ1) is 12.8. The summed E-state index contributed by atoms with van der Waals surface area (Å²) in [4.78, 5) is 8.35. The highest BCUT2D eigenvalue weighted by Gasteiger charge is 2.07. The first-order valence-electron chi connectivity index (χ1n) is 5.78. The third-order valence-corrected chi connectivity index (χ3v) is 3.38. The molecule has 1 heterocycles. The predicted molar refractivity (Wildman–Crippen MR) is 78.4 cm³/mol. The third kappa shape index (κ3) is 2.79. The number of nitrogens with zero attached hydrogens (tertiary/aromatic N) is 2. The monoisotopic (exact) mass is 306 g/mol. The zero-order valence-corrected chi connectivity index (χ0v) is 12.0. The van der Waals surface area contributed by atoms with Crippen molar-refractivity contribution in [1.82, 2.24) is 9.97 Å². The van der Waals surface area contributed by atoms with E-state index in [1.807, 2.05) is 19.2 Å². The van der Waals surface area contributed by atoms with Crippen LogP contribution in [0.5, 0.6) is 0 Å². The average Bonchev–Trinajstić information content (AvgIpc) is 2.41. The van der Waals surface area contributed by atoms with Gasteiger partial charge in [0.2, 0.25) is 0 Å². The average molecular weight is 307 g/mol. The van der Waals surface area contributed by atoms with Crippen molar-refractivity contribution in [2.75, 3.05) is 17.7 Å². The molecular formula is C13H15BrN4. The molecule has 0 fully saturated rings. The maximum Gasteiger partial charge on any atom is 0.150 e.